The Morgan fingerprint density at radius 1 is 1.69 bits per heavy atom. The zero-order valence-corrected chi connectivity index (χ0v) is 10.7. The number of hydrogen-bond acceptors (Lipinski definition) is 3. The van der Waals surface area contributed by atoms with Crippen molar-refractivity contribution in [3.05, 3.63) is 18.2 Å². The molecule has 1 unspecified atom stereocenters. The molecule has 0 saturated carbocycles. The maximum atomic E-state index is 12.4. The van der Waals surface area contributed by atoms with Crippen LogP contribution in [0.3, 0.4) is 0 Å². The number of imidazole rings is 1. The maximum Gasteiger partial charge on any atom is 0.213 e. The fourth-order valence-electron chi connectivity index (χ4n) is 2.13. The Morgan fingerprint density at radius 2 is 2.50 bits per heavy atom. The molecule has 1 saturated heterocycles. The lowest BCUT2D eigenvalue weighted by molar-refractivity contribution is 0.0934. The van der Waals surface area contributed by atoms with Gasteiger partial charge in [0, 0.05) is 18.9 Å². The third-order valence-corrected chi connectivity index (χ3v) is 4.60. The zero-order valence-electron chi connectivity index (χ0n) is 9.90. The van der Waals surface area contributed by atoms with Gasteiger partial charge in [-0.3, -0.25) is 4.79 Å². The molecule has 1 aliphatic rings. The molecule has 0 bridgehead atoms. The van der Waals surface area contributed by atoms with E-state index in [1.165, 1.54) is 0 Å². The highest BCUT2D eigenvalue weighted by Crippen LogP contribution is 2.39. The van der Waals surface area contributed by atoms with Crippen molar-refractivity contribution < 1.29 is 4.79 Å². The number of carbonyl (C=O) groups excluding carboxylic acids is 1. The Morgan fingerprint density at radius 3 is 3.12 bits per heavy atom. The fraction of sp³-hybridized carbons (Fsp3) is 0.667. The summed E-state index contributed by atoms with van der Waals surface area (Å²) < 4.78 is 1.74. The molecule has 1 aromatic heterocycles. The number of thioether (sulfide) groups is 1. The van der Waals surface area contributed by atoms with Gasteiger partial charge in [0.1, 0.15) is 0 Å². The van der Waals surface area contributed by atoms with E-state index < -0.39 is 0 Å². The molecule has 0 radical (unpaired) electrons. The van der Waals surface area contributed by atoms with Crippen molar-refractivity contribution in [2.75, 3.05) is 5.75 Å². The molecular formula is C12H18N2OS. The van der Waals surface area contributed by atoms with Crippen molar-refractivity contribution in [2.45, 2.75) is 44.4 Å². The number of hydrogen-bond donors (Lipinski definition) is 0. The topological polar surface area (TPSA) is 34.9 Å². The van der Waals surface area contributed by atoms with Gasteiger partial charge in [0.2, 0.25) is 5.78 Å². The van der Waals surface area contributed by atoms with Crippen LogP contribution in [0.1, 0.15) is 43.7 Å². The summed E-state index contributed by atoms with van der Waals surface area (Å²) in [6.07, 6.45) is 6.78. The lowest BCUT2D eigenvalue weighted by Gasteiger charge is -2.20. The summed E-state index contributed by atoms with van der Waals surface area (Å²) in [6.45, 7) is 5.04. The van der Waals surface area contributed by atoms with E-state index in [4.69, 9.17) is 0 Å². The molecule has 0 spiro atoms. The normalized spacial score (nSPS) is 24.9. The summed E-state index contributed by atoms with van der Waals surface area (Å²) in [5.74, 6) is 1.93. The van der Waals surface area contributed by atoms with Gasteiger partial charge in [0.15, 0.2) is 5.82 Å². The molecule has 1 atom stereocenters. The smallest absolute Gasteiger partial charge is 0.213 e. The number of Topliss-reactive ketones (excluding diaryl/α,β-unsaturated/α-hetero) is 1. The van der Waals surface area contributed by atoms with Crippen molar-refractivity contribution in [3.8, 4) is 0 Å². The molecule has 0 aromatic carbocycles. The molecule has 4 heteroatoms. The van der Waals surface area contributed by atoms with Crippen molar-refractivity contribution in [1.29, 1.82) is 0 Å². The van der Waals surface area contributed by atoms with Gasteiger partial charge in [0.05, 0.1) is 4.75 Å². The molecular weight excluding hydrogens is 220 g/mol. The molecule has 3 nitrogen and oxygen atoms in total. The van der Waals surface area contributed by atoms with E-state index >= 15 is 0 Å². The second kappa shape index (κ2) is 4.62. The second-order valence-electron chi connectivity index (χ2n) is 4.46. The molecule has 0 aliphatic carbocycles. The Labute approximate surface area is 101 Å². The summed E-state index contributed by atoms with van der Waals surface area (Å²) >= 11 is 1.77. The van der Waals surface area contributed by atoms with Crippen molar-refractivity contribution in [1.82, 2.24) is 9.55 Å². The van der Waals surface area contributed by atoms with Crippen LogP contribution in [0.25, 0.3) is 0 Å². The fourth-order valence-corrected chi connectivity index (χ4v) is 3.38. The molecule has 2 heterocycles. The van der Waals surface area contributed by atoms with E-state index in [-0.39, 0.29) is 10.5 Å². The van der Waals surface area contributed by atoms with Crippen LogP contribution in [0.15, 0.2) is 12.4 Å². The van der Waals surface area contributed by atoms with Gasteiger partial charge in [-0.25, -0.2) is 4.98 Å². The highest BCUT2D eigenvalue weighted by molar-refractivity contribution is 8.01. The lowest BCUT2D eigenvalue weighted by atomic mass is 9.99. The number of carbonyl (C=O) groups is 1. The van der Waals surface area contributed by atoms with Crippen LogP contribution in [0.4, 0.5) is 0 Å². The van der Waals surface area contributed by atoms with Crippen LogP contribution < -0.4 is 0 Å². The van der Waals surface area contributed by atoms with Gasteiger partial charge in [-0.2, -0.15) is 0 Å². The first-order valence-electron chi connectivity index (χ1n) is 5.87. The first kappa shape index (κ1) is 11.7. The third-order valence-electron chi connectivity index (χ3n) is 3.08. The molecule has 88 valence electrons. The average Bonchev–Trinajstić information content (AvgIpc) is 2.88. The van der Waals surface area contributed by atoms with Crippen LogP contribution in [-0.2, 0) is 6.54 Å². The molecule has 16 heavy (non-hydrogen) atoms. The summed E-state index contributed by atoms with van der Waals surface area (Å²) in [7, 11) is 0. The van der Waals surface area contributed by atoms with Crippen molar-refractivity contribution in [3.63, 3.8) is 0 Å². The minimum Gasteiger partial charge on any atom is -0.328 e. The zero-order chi connectivity index (χ0) is 11.6. The maximum absolute atomic E-state index is 12.4. The predicted octanol–water partition coefficient (Wildman–Crippen LogP) is 2.76. The standard InChI is InChI=1S/C12H18N2OS/c1-3-7-14-8-6-13-11(14)10(15)12(2)5-4-9-16-12/h6,8H,3-5,7,9H2,1-2H3. The molecule has 1 aromatic rings. The van der Waals surface area contributed by atoms with Crippen LogP contribution in [0.5, 0.6) is 0 Å². The van der Waals surface area contributed by atoms with E-state index in [2.05, 4.69) is 18.8 Å². The van der Waals surface area contributed by atoms with Gasteiger partial charge in [0.25, 0.3) is 0 Å². The van der Waals surface area contributed by atoms with Crippen molar-refractivity contribution in [2.24, 2.45) is 0 Å². The summed E-state index contributed by atoms with van der Waals surface area (Å²) in [5, 5.41) is 0. The molecule has 2 rings (SSSR count). The Kier molecular flexibility index (Phi) is 3.38. The minimum atomic E-state index is -0.239. The van der Waals surface area contributed by atoms with Crippen LogP contribution >= 0.6 is 11.8 Å². The first-order chi connectivity index (χ1) is 7.67. The molecule has 1 fully saturated rings. The number of rotatable bonds is 4. The molecule has 1 aliphatic heterocycles. The van der Waals surface area contributed by atoms with E-state index in [0.717, 1.165) is 31.6 Å². The Hall–Kier alpha value is -0.770. The number of aromatic nitrogens is 2. The summed E-state index contributed by atoms with van der Waals surface area (Å²) in [4.78, 5) is 16.6. The molecule has 0 amide bonds. The molecule has 0 N–H and O–H groups in total. The predicted molar refractivity (Wildman–Crippen MR) is 66.9 cm³/mol. The first-order valence-corrected chi connectivity index (χ1v) is 6.86. The highest BCUT2D eigenvalue weighted by Gasteiger charge is 2.39. The second-order valence-corrected chi connectivity index (χ2v) is 6.05. The van der Waals surface area contributed by atoms with E-state index in [0.29, 0.717) is 5.82 Å². The summed E-state index contributed by atoms with van der Waals surface area (Å²) in [6, 6.07) is 0. The van der Waals surface area contributed by atoms with Crippen LogP contribution in [0.2, 0.25) is 0 Å². The Balaban J connectivity index is 2.23. The van der Waals surface area contributed by atoms with E-state index in [1.54, 1.807) is 18.0 Å². The van der Waals surface area contributed by atoms with Crippen LogP contribution in [0, 0.1) is 0 Å². The highest BCUT2D eigenvalue weighted by atomic mass is 32.2. The largest absolute Gasteiger partial charge is 0.328 e. The Bertz CT molecular complexity index is 380. The number of ketones is 1. The van der Waals surface area contributed by atoms with Gasteiger partial charge in [-0.15, -0.1) is 11.8 Å². The van der Waals surface area contributed by atoms with Gasteiger partial charge in [-0.05, 0) is 31.9 Å². The minimum absolute atomic E-state index is 0.202. The number of nitrogens with zero attached hydrogens (tertiary/aromatic N) is 2. The number of aryl methyl sites for hydroxylation is 1. The lowest BCUT2D eigenvalue weighted by Crippen LogP contribution is -2.31. The van der Waals surface area contributed by atoms with E-state index in [1.807, 2.05) is 10.8 Å². The van der Waals surface area contributed by atoms with Gasteiger partial charge < -0.3 is 4.57 Å². The SMILES string of the molecule is CCCn1ccnc1C(=O)C1(C)CCCS1. The van der Waals surface area contributed by atoms with Gasteiger partial charge >= 0.3 is 0 Å². The monoisotopic (exact) mass is 238 g/mol. The van der Waals surface area contributed by atoms with Crippen LogP contribution in [-0.4, -0.2) is 25.8 Å². The average molecular weight is 238 g/mol. The quantitative estimate of drug-likeness (QED) is 0.757. The van der Waals surface area contributed by atoms with Crippen molar-refractivity contribution >= 4 is 17.5 Å². The van der Waals surface area contributed by atoms with E-state index in [9.17, 15) is 4.79 Å². The summed E-state index contributed by atoms with van der Waals surface area (Å²) in [5.41, 5.74) is 0. The van der Waals surface area contributed by atoms with Gasteiger partial charge in [-0.1, -0.05) is 6.92 Å². The third kappa shape index (κ3) is 2.03.